The van der Waals surface area contributed by atoms with Crippen LogP contribution in [-0.2, 0) is 0 Å². The molecule has 0 aliphatic carbocycles. The summed E-state index contributed by atoms with van der Waals surface area (Å²) in [7, 11) is 0. The number of benzene rings is 5. The van der Waals surface area contributed by atoms with E-state index in [9.17, 15) is 9.90 Å². The molecule has 7 rings (SSSR count). The van der Waals surface area contributed by atoms with Gasteiger partial charge in [-0.3, -0.25) is 0 Å². The van der Waals surface area contributed by atoms with E-state index in [0.29, 0.717) is 33.0 Å². The largest absolute Gasteiger partial charge is 0.505 e. The Morgan fingerprint density at radius 1 is 0.778 bits per heavy atom. The number of nitrogens with one attached hydrogen (secondary N) is 2. The van der Waals surface area contributed by atoms with Crippen LogP contribution in [0.5, 0.6) is 5.75 Å². The minimum atomic E-state index is -0.279. The van der Waals surface area contributed by atoms with Crippen LogP contribution in [0.2, 0.25) is 0 Å². The molecule has 0 aliphatic heterocycles. The molecule has 2 aromatic heterocycles. The third kappa shape index (κ3) is 3.27. The van der Waals surface area contributed by atoms with Crippen LogP contribution in [0.25, 0.3) is 53.4 Å². The van der Waals surface area contributed by atoms with Crippen molar-refractivity contribution in [1.82, 2.24) is 15.0 Å². The molecule has 0 radical (unpaired) electrons. The number of phenolic OH excluding ortho intramolecular Hbond substituents is 1. The van der Waals surface area contributed by atoms with Gasteiger partial charge in [0.2, 0.25) is 0 Å². The van der Waals surface area contributed by atoms with Gasteiger partial charge in [0.15, 0.2) is 5.75 Å². The van der Waals surface area contributed by atoms with Crippen molar-refractivity contribution in [3.05, 3.63) is 95.4 Å². The van der Waals surface area contributed by atoms with Crippen LogP contribution in [-0.4, -0.2) is 20.1 Å². The predicted molar refractivity (Wildman–Crippen MR) is 145 cm³/mol. The Labute approximate surface area is 207 Å². The number of hydrogen-bond donors (Lipinski definition) is 3. The maximum absolute atomic E-state index is 11.6. The molecule has 2 heterocycles. The molecule has 0 spiro atoms. The summed E-state index contributed by atoms with van der Waals surface area (Å²) in [6, 6.07) is 27.3. The van der Waals surface area contributed by atoms with Crippen molar-refractivity contribution in [2.75, 3.05) is 0 Å². The van der Waals surface area contributed by atoms with Crippen molar-refractivity contribution >= 4 is 65.5 Å². The van der Waals surface area contributed by atoms with Crippen LogP contribution in [0, 0.1) is 0 Å². The van der Waals surface area contributed by atoms with Gasteiger partial charge in [-0.1, -0.05) is 54.6 Å². The van der Waals surface area contributed by atoms with Crippen molar-refractivity contribution in [2.24, 2.45) is 10.2 Å². The highest BCUT2D eigenvalue weighted by molar-refractivity contribution is 7.21. The third-order valence-electron chi connectivity index (χ3n) is 6.27. The van der Waals surface area contributed by atoms with Crippen LogP contribution in [0.3, 0.4) is 0 Å². The monoisotopic (exact) mass is 487 g/mol. The normalized spacial score (nSPS) is 12.0. The molecule has 5 aromatic carbocycles. The lowest BCUT2D eigenvalue weighted by Crippen LogP contribution is -1.99. The average molecular weight is 488 g/mol. The number of phenols is 1. The molecule has 0 saturated carbocycles. The number of H-pyrrole nitrogens is 2. The fourth-order valence-corrected chi connectivity index (χ4v) is 5.55. The van der Waals surface area contributed by atoms with Crippen molar-refractivity contribution in [1.29, 1.82) is 0 Å². The highest BCUT2D eigenvalue weighted by atomic mass is 32.1. The molecule has 0 bridgehead atoms. The van der Waals surface area contributed by atoms with E-state index in [-0.39, 0.29) is 11.4 Å². The predicted octanol–water partition coefficient (Wildman–Crippen LogP) is 7.56. The van der Waals surface area contributed by atoms with Crippen LogP contribution < -0.4 is 5.69 Å². The Hall–Kier alpha value is -4.82. The molecular formula is C28H17N5O2S. The first-order valence-corrected chi connectivity index (χ1v) is 12.1. The lowest BCUT2D eigenvalue weighted by atomic mass is 10.0. The summed E-state index contributed by atoms with van der Waals surface area (Å²) in [5, 5.41) is 24.9. The van der Waals surface area contributed by atoms with Gasteiger partial charge in [-0.05, 0) is 41.1 Å². The second-order valence-corrected chi connectivity index (χ2v) is 9.53. The zero-order chi connectivity index (χ0) is 24.2. The van der Waals surface area contributed by atoms with Gasteiger partial charge < -0.3 is 15.1 Å². The number of rotatable bonds is 3. The van der Waals surface area contributed by atoms with E-state index < -0.39 is 0 Å². The topological polar surface area (TPSA) is 106 Å². The molecule has 0 amide bonds. The van der Waals surface area contributed by atoms with Gasteiger partial charge in [0.25, 0.3) is 0 Å². The number of nitrogens with zero attached hydrogens (tertiary/aromatic N) is 3. The Balaban J connectivity index is 1.41. The van der Waals surface area contributed by atoms with E-state index in [4.69, 9.17) is 4.98 Å². The number of aromatic nitrogens is 3. The summed E-state index contributed by atoms with van der Waals surface area (Å²) in [5.41, 5.74) is 3.50. The molecular weight excluding hydrogens is 470 g/mol. The first kappa shape index (κ1) is 20.5. The Bertz CT molecular complexity index is 2050. The molecule has 3 N–H and O–H groups in total. The average Bonchev–Trinajstić information content (AvgIpc) is 3.50. The number of thiazole rings is 1. The Kier molecular flexibility index (Phi) is 4.49. The van der Waals surface area contributed by atoms with Crippen molar-refractivity contribution in [3.8, 4) is 16.3 Å². The smallest absolute Gasteiger partial charge is 0.323 e. The molecule has 7 aromatic rings. The molecule has 8 heteroatoms. The zero-order valence-electron chi connectivity index (χ0n) is 18.7. The Morgan fingerprint density at radius 3 is 2.44 bits per heavy atom. The standard InChI is InChI=1S/C28H17N5O2S/c34-26-20(27-31-24-18-7-3-1-5-15(18)9-12-23(24)36-27)13-16-6-2-4-8-19(16)25(26)33-32-17-10-11-21-22(14-17)30-28(35)29-21/h1-14,34H,(H2,29,30,35). The number of hydrogen-bond acceptors (Lipinski definition) is 6. The second-order valence-electron chi connectivity index (χ2n) is 8.50. The number of aromatic hydroxyl groups is 1. The second kappa shape index (κ2) is 7.86. The summed E-state index contributed by atoms with van der Waals surface area (Å²) in [6.07, 6.45) is 0. The van der Waals surface area contributed by atoms with E-state index in [1.165, 1.54) is 11.3 Å². The van der Waals surface area contributed by atoms with Crippen LogP contribution >= 0.6 is 11.3 Å². The van der Waals surface area contributed by atoms with Gasteiger partial charge in [0, 0.05) is 10.8 Å². The summed E-state index contributed by atoms with van der Waals surface area (Å²) in [6.45, 7) is 0. The quantitative estimate of drug-likeness (QED) is 0.224. The van der Waals surface area contributed by atoms with Gasteiger partial charge in [0.05, 0.1) is 32.5 Å². The number of azo groups is 1. The summed E-state index contributed by atoms with van der Waals surface area (Å²) >= 11 is 1.53. The van der Waals surface area contributed by atoms with Gasteiger partial charge in [0.1, 0.15) is 10.7 Å². The number of aromatic amines is 2. The molecule has 0 fully saturated rings. The SMILES string of the molecule is O=c1[nH]c2ccc(N=Nc3c(O)c(-c4nc5c(ccc6ccccc65)s4)cc4ccccc34)cc2[nH]1. The van der Waals surface area contributed by atoms with E-state index in [1.54, 1.807) is 18.2 Å². The molecule has 7 nitrogen and oxygen atoms in total. The third-order valence-corrected chi connectivity index (χ3v) is 7.33. The van der Waals surface area contributed by atoms with E-state index in [0.717, 1.165) is 31.8 Å². The number of imidazole rings is 1. The maximum atomic E-state index is 11.6. The highest BCUT2D eigenvalue weighted by Crippen LogP contribution is 2.46. The Morgan fingerprint density at radius 2 is 1.56 bits per heavy atom. The highest BCUT2D eigenvalue weighted by Gasteiger charge is 2.18. The lowest BCUT2D eigenvalue weighted by molar-refractivity contribution is 0.479. The zero-order valence-corrected chi connectivity index (χ0v) is 19.5. The lowest BCUT2D eigenvalue weighted by Gasteiger charge is -2.08. The molecule has 36 heavy (non-hydrogen) atoms. The molecule has 0 aliphatic rings. The molecule has 0 atom stereocenters. The van der Waals surface area contributed by atoms with Crippen LogP contribution in [0.4, 0.5) is 11.4 Å². The van der Waals surface area contributed by atoms with Crippen molar-refractivity contribution in [2.45, 2.75) is 0 Å². The van der Waals surface area contributed by atoms with Gasteiger partial charge in [-0.15, -0.1) is 16.5 Å². The molecule has 0 saturated heterocycles. The maximum Gasteiger partial charge on any atom is 0.323 e. The first-order valence-electron chi connectivity index (χ1n) is 11.3. The minimum absolute atomic E-state index is 0.0249. The summed E-state index contributed by atoms with van der Waals surface area (Å²) in [4.78, 5) is 21.9. The summed E-state index contributed by atoms with van der Waals surface area (Å²) in [5.74, 6) is 0.0249. The van der Waals surface area contributed by atoms with Gasteiger partial charge >= 0.3 is 5.69 Å². The van der Waals surface area contributed by atoms with E-state index >= 15 is 0 Å². The van der Waals surface area contributed by atoms with Crippen LogP contribution in [0.15, 0.2) is 100.0 Å². The van der Waals surface area contributed by atoms with Gasteiger partial charge in [-0.25, -0.2) is 9.78 Å². The molecule has 0 unspecified atom stereocenters. The fourth-order valence-electron chi connectivity index (χ4n) is 4.55. The van der Waals surface area contributed by atoms with E-state index in [1.807, 2.05) is 42.5 Å². The van der Waals surface area contributed by atoms with Crippen LogP contribution in [0.1, 0.15) is 0 Å². The number of fused-ring (bicyclic) bond motifs is 5. The van der Waals surface area contributed by atoms with E-state index in [2.05, 4.69) is 44.5 Å². The van der Waals surface area contributed by atoms with Gasteiger partial charge in [-0.2, -0.15) is 5.11 Å². The molecule has 172 valence electrons. The van der Waals surface area contributed by atoms with Crippen molar-refractivity contribution < 1.29 is 5.11 Å². The summed E-state index contributed by atoms with van der Waals surface area (Å²) < 4.78 is 1.05. The first-order chi connectivity index (χ1) is 17.6. The fraction of sp³-hybridized carbons (Fsp3) is 0. The minimum Gasteiger partial charge on any atom is -0.505 e. The van der Waals surface area contributed by atoms with Crippen molar-refractivity contribution in [3.63, 3.8) is 0 Å².